The largest absolute Gasteiger partial charge is 0.416 e. The lowest BCUT2D eigenvalue weighted by Gasteiger charge is -2.37. The minimum absolute atomic E-state index is 0.0390. The van der Waals surface area contributed by atoms with Crippen molar-refractivity contribution in [2.45, 2.75) is 71.3 Å². The van der Waals surface area contributed by atoms with Gasteiger partial charge in [-0.25, -0.2) is 5.43 Å². The standard InChI is InChI=1S/C14H33N3OSi/c1-7-12(15)17-16-10-14(8-9-14)11-18-19(5,6)13(2,3)4/h12,16-17H,7-11,15H2,1-6H3/t12-/m0/s1. The lowest BCUT2D eigenvalue weighted by Crippen LogP contribution is -2.49. The van der Waals surface area contributed by atoms with Gasteiger partial charge >= 0.3 is 0 Å². The summed E-state index contributed by atoms with van der Waals surface area (Å²) >= 11 is 0. The van der Waals surface area contributed by atoms with E-state index >= 15 is 0 Å². The maximum atomic E-state index is 6.34. The highest BCUT2D eigenvalue weighted by atomic mass is 28.4. The van der Waals surface area contributed by atoms with Gasteiger partial charge in [-0.3, -0.25) is 5.43 Å². The Morgan fingerprint density at radius 2 is 1.89 bits per heavy atom. The first-order valence-corrected chi connectivity index (χ1v) is 10.4. The van der Waals surface area contributed by atoms with Gasteiger partial charge in [0.25, 0.3) is 0 Å². The van der Waals surface area contributed by atoms with Crippen LogP contribution < -0.4 is 16.6 Å². The maximum Gasteiger partial charge on any atom is 0.192 e. The van der Waals surface area contributed by atoms with Gasteiger partial charge in [0.1, 0.15) is 0 Å². The molecule has 0 radical (unpaired) electrons. The van der Waals surface area contributed by atoms with Crippen LogP contribution in [0.15, 0.2) is 0 Å². The summed E-state index contributed by atoms with van der Waals surface area (Å²) in [5, 5.41) is 0.291. The first-order chi connectivity index (χ1) is 8.62. The Bertz CT molecular complexity index is 285. The summed E-state index contributed by atoms with van der Waals surface area (Å²) < 4.78 is 6.34. The zero-order chi connectivity index (χ0) is 14.7. The topological polar surface area (TPSA) is 59.3 Å². The van der Waals surface area contributed by atoms with Crippen LogP contribution in [0.5, 0.6) is 0 Å². The SMILES string of the molecule is CC[C@@H](N)NNCC1(CO[Si](C)(C)C(C)(C)C)CC1. The van der Waals surface area contributed by atoms with Crippen LogP contribution in [0.3, 0.4) is 0 Å². The summed E-state index contributed by atoms with van der Waals surface area (Å²) in [7, 11) is -1.62. The first kappa shape index (κ1) is 17.1. The molecule has 0 bridgehead atoms. The van der Waals surface area contributed by atoms with Crippen LogP contribution in [0.2, 0.25) is 18.1 Å². The van der Waals surface area contributed by atoms with E-state index in [1.165, 1.54) is 12.8 Å². The van der Waals surface area contributed by atoms with Crippen molar-refractivity contribution in [1.82, 2.24) is 10.9 Å². The lowest BCUT2D eigenvalue weighted by molar-refractivity contribution is 0.203. The van der Waals surface area contributed by atoms with Crippen molar-refractivity contribution in [2.24, 2.45) is 11.1 Å². The molecule has 19 heavy (non-hydrogen) atoms. The van der Waals surface area contributed by atoms with Crippen molar-refractivity contribution in [3.05, 3.63) is 0 Å². The van der Waals surface area contributed by atoms with E-state index < -0.39 is 8.32 Å². The van der Waals surface area contributed by atoms with Gasteiger partial charge in [0.05, 0.1) is 6.17 Å². The fourth-order valence-corrected chi connectivity index (χ4v) is 2.67. The number of hydrogen-bond acceptors (Lipinski definition) is 4. The molecular formula is C14H33N3OSi. The molecular weight excluding hydrogens is 254 g/mol. The smallest absolute Gasteiger partial charge is 0.192 e. The average Bonchev–Trinajstić information content (AvgIpc) is 3.06. The van der Waals surface area contributed by atoms with E-state index in [2.05, 4.69) is 51.6 Å². The molecule has 0 aromatic carbocycles. The molecule has 0 saturated heterocycles. The van der Waals surface area contributed by atoms with E-state index in [4.69, 9.17) is 10.2 Å². The van der Waals surface area contributed by atoms with Crippen LogP contribution in [0.25, 0.3) is 0 Å². The van der Waals surface area contributed by atoms with Crippen LogP contribution in [-0.4, -0.2) is 27.6 Å². The Kier molecular flexibility index (Phi) is 5.60. The molecule has 5 heteroatoms. The monoisotopic (exact) mass is 287 g/mol. The van der Waals surface area contributed by atoms with Crippen LogP contribution in [0, 0.1) is 5.41 Å². The number of rotatable bonds is 8. The summed E-state index contributed by atoms with van der Waals surface area (Å²) in [4.78, 5) is 0. The second kappa shape index (κ2) is 6.22. The van der Waals surface area contributed by atoms with Gasteiger partial charge in [-0.2, -0.15) is 0 Å². The predicted molar refractivity (Wildman–Crippen MR) is 84.2 cm³/mol. The van der Waals surface area contributed by atoms with Crippen molar-refractivity contribution in [1.29, 1.82) is 0 Å². The predicted octanol–water partition coefficient (Wildman–Crippen LogP) is 2.58. The molecule has 4 nitrogen and oxygen atoms in total. The second-order valence-electron chi connectivity index (χ2n) is 7.56. The molecule has 1 aliphatic rings. The number of hydrogen-bond donors (Lipinski definition) is 3. The number of nitrogens with two attached hydrogens (primary N) is 1. The molecule has 0 aliphatic heterocycles. The molecule has 0 heterocycles. The lowest BCUT2D eigenvalue weighted by atomic mass is 10.1. The molecule has 1 aliphatic carbocycles. The van der Waals surface area contributed by atoms with Crippen LogP contribution in [0.1, 0.15) is 47.0 Å². The Balaban J connectivity index is 2.32. The zero-order valence-electron chi connectivity index (χ0n) is 13.6. The van der Waals surface area contributed by atoms with Gasteiger partial charge in [0.15, 0.2) is 8.32 Å². The summed E-state index contributed by atoms with van der Waals surface area (Å²) in [6.45, 7) is 15.4. The van der Waals surface area contributed by atoms with Gasteiger partial charge in [-0.1, -0.05) is 27.7 Å². The Labute approximate surface area is 120 Å². The summed E-state index contributed by atoms with van der Waals surface area (Å²) in [5.74, 6) is 0. The molecule has 0 spiro atoms. The quantitative estimate of drug-likeness (QED) is 0.365. The minimum atomic E-state index is -1.62. The third-order valence-electron chi connectivity index (χ3n) is 4.69. The van der Waals surface area contributed by atoms with Crippen molar-refractivity contribution >= 4 is 8.32 Å². The van der Waals surface area contributed by atoms with E-state index in [9.17, 15) is 0 Å². The Morgan fingerprint density at radius 1 is 1.32 bits per heavy atom. The second-order valence-corrected chi connectivity index (χ2v) is 12.4. The summed E-state index contributed by atoms with van der Waals surface area (Å²) in [5.41, 5.74) is 12.6. The number of hydrazine groups is 1. The highest BCUT2D eigenvalue weighted by molar-refractivity contribution is 6.74. The van der Waals surface area contributed by atoms with E-state index in [0.717, 1.165) is 19.6 Å². The van der Waals surface area contributed by atoms with Gasteiger partial charge in [0, 0.05) is 18.6 Å². The molecule has 0 aromatic rings. The molecule has 0 unspecified atom stereocenters. The third-order valence-corrected chi connectivity index (χ3v) is 9.17. The Morgan fingerprint density at radius 3 is 2.32 bits per heavy atom. The summed E-state index contributed by atoms with van der Waals surface area (Å²) in [6.07, 6.45) is 3.49. The van der Waals surface area contributed by atoms with Crippen molar-refractivity contribution < 1.29 is 4.43 Å². The molecule has 0 amide bonds. The summed E-state index contributed by atoms with van der Waals surface area (Å²) in [6, 6.07) is 0. The zero-order valence-corrected chi connectivity index (χ0v) is 14.6. The van der Waals surface area contributed by atoms with E-state index in [1.54, 1.807) is 0 Å². The van der Waals surface area contributed by atoms with Crippen molar-refractivity contribution in [3.8, 4) is 0 Å². The van der Waals surface area contributed by atoms with Crippen LogP contribution in [-0.2, 0) is 4.43 Å². The van der Waals surface area contributed by atoms with Gasteiger partial charge in [-0.05, 0) is 37.4 Å². The minimum Gasteiger partial charge on any atom is -0.416 e. The third kappa shape index (κ3) is 5.15. The van der Waals surface area contributed by atoms with Crippen molar-refractivity contribution in [3.63, 3.8) is 0 Å². The molecule has 1 saturated carbocycles. The van der Waals surface area contributed by atoms with Crippen LogP contribution >= 0.6 is 0 Å². The normalized spacial score (nSPS) is 20.4. The van der Waals surface area contributed by atoms with Gasteiger partial charge in [-0.15, -0.1) is 0 Å². The van der Waals surface area contributed by atoms with E-state index in [-0.39, 0.29) is 6.17 Å². The maximum absolute atomic E-state index is 6.34. The molecule has 0 aromatic heterocycles. The average molecular weight is 288 g/mol. The molecule has 1 fully saturated rings. The highest BCUT2D eigenvalue weighted by Crippen LogP contribution is 2.47. The number of nitrogens with one attached hydrogen (secondary N) is 2. The van der Waals surface area contributed by atoms with E-state index in [0.29, 0.717) is 10.5 Å². The molecule has 114 valence electrons. The Hall–Kier alpha value is 0.0569. The highest BCUT2D eigenvalue weighted by Gasteiger charge is 2.46. The fourth-order valence-electron chi connectivity index (χ4n) is 1.57. The molecule has 1 rings (SSSR count). The van der Waals surface area contributed by atoms with E-state index in [1.807, 2.05) is 0 Å². The fraction of sp³-hybridized carbons (Fsp3) is 1.00. The van der Waals surface area contributed by atoms with Crippen LogP contribution in [0.4, 0.5) is 0 Å². The van der Waals surface area contributed by atoms with Gasteiger partial charge in [0.2, 0.25) is 0 Å². The molecule has 1 atom stereocenters. The first-order valence-electron chi connectivity index (χ1n) is 7.50. The van der Waals surface area contributed by atoms with Gasteiger partial charge < -0.3 is 10.2 Å². The molecule has 4 N–H and O–H groups in total. The van der Waals surface area contributed by atoms with Crippen molar-refractivity contribution in [2.75, 3.05) is 13.2 Å².